The van der Waals surface area contributed by atoms with Crippen LogP contribution in [0.15, 0.2) is 0 Å². The molecule has 5 aliphatic rings. The Kier molecular flexibility index (Phi) is 6.10. The molecule has 1 heterocycles. The van der Waals surface area contributed by atoms with Gasteiger partial charge in [0.2, 0.25) is 0 Å². The second-order valence-corrected chi connectivity index (χ2v) is 14.2. The van der Waals surface area contributed by atoms with Gasteiger partial charge in [-0.2, -0.15) is 0 Å². The Balaban J connectivity index is 1.28. The number of hydrogen-bond acceptors (Lipinski definition) is 1. The maximum atomic E-state index is 3.98. The highest BCUT2D eigenvalue weighted by molar-refractivity contribution is 5.12. The van der Waals surface area contributed by atoms with Crippen LogP contribution in [0.5, 0.6) is 0 Å². The molecule has 1 aliphatic heterocycles. The molecule has 0 aromatic carbocycles. The maximum absolute atomic E-state index is 3.98. The number of fused-ring (bicyclic) bond motifs is 5. The molecule has 9 atom stereocenters. The smallest absolute Gasteiger partial charge is 0.0185 e. The lowest BCUT2D eigenvalue weighted by molar-refractivity contribution is -0.125. The lowest BCUT2D eigenvalue weighted by atomic mass is 9.43. The standard InChI is InChI=1S/C30H53N/c1-21(2)8-6-9-22(3)25-12-13-26-24-11-10-23-20-30(15-7-19-31-30)18-17-28(23,4)27(24)14-16-29(25,26)5/h21-27,31H,6-20H2,1-5H3/t22-,23?,24+,25-,26+,27+,28+,29-,30?/m1/s1. The highest BCUT2D eigenvalue weighted by Crippen LogP contribution is 2.69. The Morgan fingerprint density at radius 1 is 0.806 bits per heavy atom. The van der Waals surface area contributed by atoms with Crippen LogP contribution in [0.4, 0.5) is 0 Å². The molecule has 1 saturated heterocycles. The molecule has 178 valence electrons. The molecule has 4 aliphatic carbocycles. The topological polar surface area (TPSA) is 12.0 Å². The fourth-order valence-electron chi connectivity index (χ4n) is 10.6. The Morgan fingerprint density at radius 3 is 2.35 bits per heavy atom. The second kappa shape index (κ2) is 8.32. The van der Waals surface area contributed by atoms with E-state index in [4.69, 9.17) is 0 Å². The van der Waals surface area contributed by atoms with E-state index in [1.54, 1.807) is 38.5 Å². The Labute approximate surface area is 194 Å². The van der Waals surface area contributed by atoms with Crippen LogP contribution < -0.4 is 5.32 Å². The summed E-state index contributed by atoms with van der Waals surface area (Å²) in [6, 6.07) is 0. The van der Waals surface area contributed by atoms with E-state index in [2.05, 4.69) is 39.9 Å². The van der Waals surface area contributed by atoms with Crippen LogP contribution in [0.1, 0.15) is 125 Å². The minimum absolute atomic E-state index is 0.546. The van der Waals surface area contributed by atoms with Crippen molar-refractivity contribution < 1.29 is 0 Å². The first-order valence-electron chi connectivity index (χ1n) is 14.5. The number of nitrogens with one attached hydrogen (secondary N) is 1. The summed E-state index contributed by atoms with van der Waals surface area (Å²) in [5.41, 5.74) is 1.86. The van der Waals surface area contributed by atoms with E-state index in [0.717, 1.165) is 41.4 Å². The Bertz CT molecular complexity index is 632. The van der Waals surface area contributed by atoms with Crippen LogP contribution in [-0.4, -0.2) is 12.1 Å². The second-order valence-electron chi connectivity index (χ2n) is 14.2. The minimum Gasteiger partial charge on any atom is -0.311 e. The largest absolute Gasteiger partial charge is 0.311 e. The Morgan fingerprint density at radius 2 is 1.61 bits per heavy atom. The first-order valence-corrected chi connectivity index (χ1v) is 14.5. The van der Waals surface area contributed by atoms with E-state index in [9.17, 15) is 0 Å². The molecular weight excluding hydrogens is 374 g/mol. The monoisotopic (exact) mass is 427 g/mol. The molecule has 0 aromatic heterocycles. The van der Waals surface area contributed by atoms with Gasteiger partial charge >= 0.3 is 0 Å². The van der Waals surface area contributed by atoms with Crippen LogP contribution in [0.3, 0.4) is 0 Å². The van der Waals surface area contributed by atoms with Gasteiger partial charge in [-0.3, -0.25) is 0 Å². The third kappa shape index (κ3) is 3.76. The molecule has 0 aromatic rings. The van der Waals surface area contributed by atoms with E-state index >= 15 is 0 Å². The van der Waals surface area contributed by atoms with E-state index in [1.165, 1.54) is 57.9 Å². The SMILES string of the molecule is CC(C)CCC[C@@H](C)[C@H]1CC[C@H]2[C@@H]3CCC4CC5(CCCN5)CC[C@]4(C)[C@H]3CC[C@]12C. The van der Waals surface area contributed by atoms with Crippen LogP contribution in [0, 0.1) is 52.3 Å². The molecule has 0 radical (unpaired) electrons. The van der Waals surface area contributed by atoms with Gasteiger partial charge in [-0.1, -0.05) is 53.9 Å². The van der Waals surface area contributed by atoms with Crippen molar-refractivity contribution in [1.82, 2.24) is 5.32 Å². The minimum atomic E-state index is 0.546. The fourth-order valence-corrected chi connectivity index (χ4v) is 10.6. The van der Waals surface area contributed by atoms with Gasteiger partial charge in [-0.25, -0.2) is 0 Å². The molecule has 31 heavy (non-hydrogen) atoms. The summed E-state index contributed by atoms with van der Waals surface area (Å²) in [7, 11) is 0. The van der Waals surface area contributed by atoms with Crippen molar-refractivity contribution in [3.63, 3.8) is 0 Å². The summed E-state index contributed by atoms with van der Waals surface area (Å²) in [6.45, 7) is 14.2. The zero-order valence-corrected chi connectivity index (χ0v) is 21.6. The van der Waals surface area contributed by atoms with Gasteiger partial charge in [-0.05, 0) is 129 Å². The molecular formula is C30H53N. The zero-order valence-electron chi connectivity index (χ0n) is 21.6. The first kappa shape index (κ1) is 22.7. The number of hydrogen-bond donors (Lipinski definition) is 1. The molecule has 1 spiro atoms. The van der Waals surface area contributed by atoms with Crippen molar-refractivity contribution in [2.45, 2.75) is 130 Å². The van der Waals surface area contributed by atoms with E-state index < -0.39 is 0 Å². The van der Waals surface area contributed by atoms with Crippen molar-refractivity contribution in [2.24, 2.45) is 52.3 Å². The maximum Gasteiger partial charge on any atom is 0.0185 e. The normalized spacial score (nSPS) is 50.3. The zero-order chi connectivity index (χ0) is 21.9. The van der Waals surface area contributed by atoms with Crippen molar-refractivity contribution in [3.8, 4) is 0 Å². The van der Waals surface area contributed by atoms with E-state index in [1.807, 2.05) is 0 Å². The van der Waals surface area contributed by atoms with Gasteiger partial charge in [0, 0.05) is 5.54 Å². The molecule has 2 unspecified atom stereocenters. The summed E-state index contributed by atoms with van der Waals surface area (Å²) < 4.78 is 0. The quantitative estimate of drug-likeness (QED) is 0.466. The molecule has 1 heteroatoms. The molecule has 5 rings (SSSR count). The van der Waals surface area contributed by atoms with Crippen molar-refractivity contribution in [1.29, 1.82) is 0 Å². The van der Waals surface area contributed by atoms with Gasteiger partial charge in [0.15, 0.2) is 0 Å². The Hall–Kier alpha value is -0.0400. The van der Waals surface area contributed by atoms with Gasteiger partial charge in [0.25, 0.3) is 0 Å². The van der Waals surface area contributed by atoms with Crippen LogP contribution in [-0.2, 0) is 0 Å². The summed E-state index contributed by atoms with van der Waals surface area (Å²) in [6.07, 6.45) is 21.1. The summed E-state index contributed by atoms with van der Waals surface area (Å²) in [5.74, 6) is 6.97. The van der Waals surface area contributed by atoms with Crippen LogP contribution in [0.25, 0.3) is 0 Å². The van der Waals surface area contributed by atoms with E-state index in [-0.39, 0.29) is 0 Å². The van der Waals surface area contributed by atoms with Crippen molar-refractivity contribution in [2.75, 3.05) is 6.54 Å². The average Bonchev–Trinajstić information content (AvgIpc) is 3.32. The van der Waals surface area contributed by atoms with Crippen molar-refractivity contribution >= 4 is 0 Å². The molecule has 4 saturated carbocycles. The average molecular weight is 428 g/mol. The third-order valence-corrected chi connectivity index (χ3v) is 12.4. The highest BCUT2D eigenvalue weighted by atomic mass is 15.0. The third-order valence-electron chi connectivity index (χ3n) is 12.4. The van der Waals surface area contributed by atoms with Gasteiger partial charge < -0.3 is 5.32 Å². The lowest BCUT2D eigenvalue weighted by Crippen LogP contribution is -2.57. The summed E-state index contributed by atoms with van der Waals surface area (Å²) >= 11 is 0. The van der Waals surface area contributed by atoms with E-state index in [0.29, 0.717) is 16.4 Å². The van der Waals surface area contributed by atoms with Gasteiger partial charge in [0.1, 0.15) is 0 Å². The van der Waals surface area contributed by atoms with Gasteiger partial charge in [0.05, 0.1) is 0 Å². The molecule has 1 N–H and O–H groups in total. The van der Waals surface area contributed by atoms with Gasteiger partial charge in [-0.15, -0.1) is 0 Å². The molecule has 5 fully saturated rings. The van der Waals surface area contributed by atoms with Crippen LogP contribution in [0.2, 0.25) is 0 Å². The predicted octanol–water partition coefficient (Wildman–Crippen LogP) is 8.23. The lowest BCUT2D eigenvalue weighted by Gasteiger charge is -2.62. The summed E-state index contributed by atoms with van der Waals surface area (Å²) in [4.78, 5) is 0. The molecule has 1 nitrogen and oxygen atoms in total. The molecule has 0 amide bonds. The highest BCUT2D eigenvalue weighted by Gasteiger charge is 2.61. The summed E-state index contributed by atoms with van der Waals surface area (Å²) in [5, 5.41) is 3.98. The van der Waals surface area contributed by atoms with Crippen molar-refractivity contribution in [3.05, 3.63) is 0 Å². The first-order chi connectivity index (χ1) is 14.8. The predicted molar refractivity (Wildman–Crippen MR) is 133 cm³/mol. The fraction of sp³-hybridized carbons (Fsp3) is 1.00. The number of rotatable bonds is 5. The van der Waals surface area contributed by atoms with Crippen LogP contribution >= 0.6 is 0 Å². The molecule has 0 bridgehead atoms.